The largest absolute Gasteiger partial charge is 0.492 e. The van der Waals surface area contributed by atoms with Crippen LogP contribution in [0.2, 0.25) is 0 Å². The van der Waals surface area contributed by atoms with Gasteiger partial charge >= 0.3 is 0 Å². The molecule has 1 N–H and O–H groups in total. The minimum absolute atomic E-state index is 0. The molecule has 0 aliphatic carbocycles. The van der Waals surface area contributed by atoms with Crippen LogP contribution in [0.1, 0.15) is 26.2 Å². The second-order valence-electron chi connectivity index (χ2n) is 5.26. The van der Waals surface area contributed by atoms with E-state index in [1.165, 1.54) is 0 Å². The van der Waals surface area contributed by atoms with E-state index in [-0.39, 0.29) is 18.3 Å². The number of rotatable bonds is 7. The van der Waals surface area contributed by atoms with Gasteiger partial charge in [0.25, 0.3) is 0 Å². The Balaban J connectivity index is 0.00000242. The van der Waals surface area contributed by atoms with Gasteiger partial charge in [0.2, 0.25) is 5.91 Å². The van der Waals surface area contributed by atoms with Gasteiger partial charge in [-0.2, -0.15) is 0 Å². The molecule has 6 heteroatoms. The molecule has 124 valence electrons. The Morgan fingerprint density at radius 3 is 2.86 bits per heavy atom. The molecule has 1 aliphatic rings. The first-order valence-electron chi connectivity index (χ1n) is 7.60. The Morgan fingerprint density at radius 1 is 1.45 bits per heavy atom. The van der Waals surface area contributed by atoms with E-state index in [1.54, 1.807) is 0 Å². The minimum Gasteiger partial charge on any atom is -0.492 e. The van der Waals surface area contributed by atoms with Crippen LogP contribution in [-0.2, 0) is 4.79 Å². The Hall–Kier alpha value is -0.780. The minimum atomic E-state index is 0. The topological polar surface area (TPSA) is 41.6 Å². The van der Waals surface area contributed by atoms with Crippen molar-refractivity contribution in [2.75, 3.05) is 26.2 Å². The zero-order chi connectivity index (χ0) is 15.1. The van der Waals surface area contributed by atoms with Crippen LogP contribution in [-0.4, -0.2) is 43.1 Å². The summed E-state index contributed by atoms with van der Waals surface area (Å²) in [5, 5.41) is 3.32. The number of carbonyl (C=O) groups excluding carboxylic acids is 1. The highest BCUT2D eigenvalue weighted by Gasteiger charge is 2.25. The van der Waals surface area contributed by atoms with Crippen molar-refractivity contribution in [3.63, 3.8) is 0 Å². The number of carbonyl (C=O) groups is 1. The van der Waals surface area contributed by atoms with E-state index in [1.807, 2.05) is 29.2 Å². The zero-order valence-corrected chi connectivity index (χ0v) is 15.3. The van der Waals surface area contributed by atoms with Crippen LogP contribution in [0.3, 0.4) is 0 Å². The lowest BCUT2D eigenvalue weighted by molar-refractivity contribution is -0.133. The third kappa shape index (κ3) is 5.45. The Labute approximate surface area is 147 Å². The zero-order valence-electron chi connectivity index (χ0n) is 12.9. The van der Waals surface area contributed by atoms with Crippen LogP contribution >= 0.6 is 28.3 Å². The number of ether oxygens (including phenoxy) is 1. The molecule has 1 saturated heterocycles. The van der Waals surface area contributed by atoms with Gasteiger partial charge in [0.05, 0.1) is 17.5 Å². The summed E-state index contributed by atoms with van der Waals surface area (Å²) in [6.07, 6.45) is 2.47. The van der Waals surface area contributed by atoms with Crippen LogP contribution < -0.4 is 10.1 Å². The summed E-state index contributed by atoms with van der Waals surface area (Å²) in [7, 11) is 0. The third-order valence-corrected chi connectivity index (χ3v) is 4.33. The van der Waals surface area contributed by atoms with Crippen LogP contribution in [0.25, 0.3) is 0 Å². The number of nitrogens with one attached hydrogen (secondary N) is 1. The fourth-order valence-corrected chi connectivity index (χ4v) is 3.01. The highest BCUT2D eigenvalue weighted by Crippen LogP contribution is 2.23. The second-order valence-corrected chi connectivity index (χ2v) is 6.12. The molecule has 22 heavy (non-hydrogen) atoms. The Morgan fingerprint density at radius 2 is 2.23 bits per heavy atom. The number of benzene rings is 1. The predicted octanol–water partition coefficient (Wildman–Crippen LogP) is 3.24. The predicted molar refractivity (Wildman–Crippen MR) is 94.8 cm³/mol. The molecule has 1 fully saturated rings. The average Bonchev–Trinajstić information content (AvgIpc) is 3.00. The number of para-hydroxylation sites is 1. The monoisotopic (exact) mass is 390 g/mol. The van der Waals surface area contributed by atoms with E-state index in [0.29, 0.717) is 19.1 Å². The number of hydrogen-bond acceptors (Lipinski definition) is 3. The molecule has 1 amide bonds. The summed E-state index contributed by atoms with van der Waals surface area (Å²) in [4.78, 5) is 14.4. The van der Waals surface area contributed by atoms with Gasteiger partial charge in [0.1, 0.15) is 5.75 Å². The van der Waals surface area contributed by atoms with Gasteiger partial charge in [-0.25, -0.2) is 0 Å². The van der Waals surface area contributed by atoms with Crippen molar-refractivity contribution in [1.82, 2.24) is 10.2 Å². The number of hydrogen-bond donors (Lipinski definition) is 1. The molecule has 1 aromatic rings. The average molecular weight is 392 g/mol. The molecule has 1 unspecified atom stereocenters. The smallest absolute Gasteiger partial charge is 0.226 e. The van der Waals surface area contributed by atoms with Gasteiger partial charge in [-0.05, 0) is 47.4 Å². The highest BCUT2D eigenvalue weighted by atomic mass is 79.9. The van der Waals surface area contributed by atoms with Crippen molar-refractivity contribution in [3.8, 4) is 5.75 Å². The summed E-state index contributed by atoms with van der Waals surface area (Å²) in [5.74, 6) is 0.979. The summed E-state index contributed by atoms with van der Waals surface area (Å²) in [5.41, 5.74) is 0. The number of nitrogens with zero attached hydrogens (tertiary/aromatic N) is 1. The molecule has 1 aliphatic heterocycles. The molecule has 0 spiro atoms. The molecule has 2 rings (SSSR count). The molecule has 1 atom stereocenters. The summed E-state index contributed by atoms with van der Waals surface area (Å²) in [6, 6.07) is 8.05. The van der Waals surface area contributed by atoms with Gasteiger partial charge in [-0.3, -0.25) is 4.79 Å². The van der Waals surface area contributed by atoms with Gasteiger partial charge < -0.3 is 15.0 Å². The van der Waals surface area contributed by atoms with Crippen molar-refractivity contribution in [2.24, 2.45) is 0 Å². The van der Waals surface area contributed by atoms with E-state index in [4.69, 9.17) is 4.74 Å². The summed E-state index contributed by atoms with van der Waals surface area (Å²) < 4.78 is 6.61. The van der Waals surface area contributed by atoms with E-state index in [0.717, 1.165) is 42.7 Å². The van der Waals surface area contributed by atoms with E-state index in [2.05, 4.69) is 28.2 Å². The SMILES string of the molecule is CCCN(C(=O)CCOc1ccccc1Br)C1CCNC1.Cl. The lowest BCUT2D eigenvalue weighted by Gasteiger charge is -2.28. The van der Waals surface area contributed by atoms with Gasteiger partial charge in [-0.1, -0.05) is 19.1 Å². The first-order chi connectivity index (χ1) is 10.2. The molecular formula is C16H24BrClN2O2. The first kappa shape index (κ1) is 19.3. The standard InChI is InChI=1S/C16H23BrN2O2.ClH/c1-2-10-19(13-7-9-18-12-13)16(20)8-11-21-15-6-4-3-5-14(15)17;/h3-6,13,18H,2,7-12H2,1H3;1H. The van der Waals surface area contributed by atoms with Crippen molar-refractivity contribution in [3.05, 3.63) is 28.7 Å². The van der Waals surface area contributed by atoms with Crippen LogP contribution in [0, 0.1) is 0 Å². The summed E-state index contributed by atoms with van der Waals surface area (Å²) in [6.45, 7) is 5.28. The maximum atomic E-state index is 12.4. The van der Waals surface area contributed by atoms with Gasteiger partial charge in [0, 0.05) is 19.1 Å². The fraction of sp³-hybridized carbons (Fsp3) is 0.562. The van der Waals surface area contributed by atoms with Gasteiger partial charge in [0.15, 0.2) is 0 Å². The summed E-state index contributed by atoms with van der Waals surface area (Å²) >= 11 is 3.44. The highest BCUT2D eigenvalue weighted by molar-refractivity contribution is 9.10. The van der Waals surface area contributed by atoms with E-state index < -0.39 is 0 Å². The maximum Gasteiger partial charge on any atom is 0.226 e. The van der Waals surface area contributed by atoms with Crippen molar-refractivity contribution in [1.29, 1.82) is 0 Å². The Bertz CT molecular complexity index is 467. The van der Waals surface area contributed by atoms with Gasteiger partial charge in [-0.15, -0.1) is 12.4 Å². The molecule has 0 aromatic heterocycles. The quantitative estimate of drug-likeness (QED) is 0.776. The second kappa shape index (κ2) is 10.1. The van der Waals surface area contributed by atoms with Crippen LogP contribution in [0.4, 0.5) is 0 Å². The number of amides is 1. The fourth-order valence-electron chi connectivity index (χ4n) is 2.61. The lowest BCUT2D eigenvalue weighted by atomic mass is 10.2. The van der Waals surface area contributed by atoms with E-state index in [9.17, 15) is 4.79 Å². The third-order valence-electron chi connectivity index (χ3n) is 3.67. The molecule has 1 heterocycles. The first-order valence-corrected chi connectivity index (χ1v) is 8.39. The Kier molecular flexibility index (Phi) is 8.83. The molecular weight excluding hydrogens is 368 g/mol. The maximum absolute atomic E-state index is 12.4. The van der Waals surface area contributed by atoms with Crippen LogP contribution in [0.15, 0.2) is 28.7 Å². The molecule has 0 radical (unpaired) electrons. The normalized spacial score (nSPS) is 16.9. The lowest BCUT2D eigenvalue weighted by Crippen LogP contribution is -2.42. The molecule has 1 aromatic carbocycles. The van der Waals surface area contributed by atoms with E-state index >= 15 is 0 Å². The molecule has 4 nitrogen and oxygen atoms in total. The number of halogens is 2. The molecule has 0 bridgehead atoms. The van der Waals surface area contributed by atoms with Crippen LogP contribution in [0.5, 0.6) is 5.75 Å². The molecule has 0 saturated carbocycles. The van der Waals surface area contributed by atoms with Crippen molar-refractivity contribution >= 4 is 34.2 Å². The van der Waals surface area contributed by atoms with Crippen molar-refractivity contribution < 1.29 is 9.53 Å². The van der Waals surface area contributed by atoms with Crippen molar-refractivity contribution in [2.45, 2.75) is 32.2 Å².